The van der Waals surface area contributed by atoms with Crippen LogP contribution in [0.4, 0.5) is 22.0 Å². The largest absolute Gasteiger partial charge is 0.573 e. The molecule has 10 heteroatoms. The van der Waals surface area contributed by atoms with E-state index in [4.69, 9.17) is 0 Å². The summed E-state index contributed by atoms with van der Waals surface area (Å²) in [6.45, 7) is 1.35. The first kappa shape index (κ1) is 16.9. The van der Waals surface area contributed by atoms with Crippen molar-refractivity contribution in [1.82, 2.24) is 4.98 Å². The molecule has 0 amide bonds. The number of aromatic nitrogens is 1. The number of halogens is 5. The lowest BCUT2D eigenvalue weighted by atomic mass is 10.1. The summed E-state index contributed by atoms with van der Waals surface area (Å²) < 4.78 is 70.2. The number of H-pyrrole nitrogens is 1. The second-order valence-corrected chi connectivity index (χ2v) is 3.71. The van der Waals surface area contributed by atoms with Gasteiger partial charge in [0.05, 0.1) is 24.2 Å². The molecule has 0 aliphatic rings. The molecule has 21 heavy (non-hydrogen) atoms. The minimum absolute atomic E-state index is 0.0826. The van der Waals surface area contributed by atoms with E-state index in [1.54, 1.807) is 0 Å². The molecule has 1 aromatic heterocycles. The number of alkyl halides is 5. The second kappa shape index (κ2) is 6.55. The molecule has 0 aromatic carbocycles. The van der Waals surface area contributed by atoms with Gasteiger partial charge in [0.25, 0.3) is 12.0 Å². The molecule has 1 N–H and O–H groups in total. The van der Waals surface area contributed by atoms with Crippen LogP contribution in [0.25, 0.3) is 0 Å². The third-order valence-electron chi connectivity index (χ3n) is 2.25. The van der Waals surface area contributed by atoms with Gasteiger partial charge in [0.15, 0.2) is 0 Å². The van der Waals surface area contributed by atoms with E-state index in [1.165, 1.54) is 6.92 Å². The molecule has 1 aromatic rings. The first-order chi connectivity index (χ1) is 9.65. The van der Waals surface area contributed by atoms with Crippen molar-refractivity contribution in [2.24, 2.45) is 0 Å². The summed E-state index contributed by atoms with van der Waals surface area (Å²) >= 11 is 0. The number of esters is 1. The lowest BCUT2D eigenvalue weighted by Gasteiger charge is -2.15. The van der Waals surface area contributed by atoms with Crippen molar-refractivity contribution in [2.75, 3.05) is 6.61 Å². The van der Waals surface area contributed by atoms with Crippen LogP contribution >= 0.6 is 0 Å². The molecule has 1 heterocycles. The monoisotopic (exact) mass is 315 g/mol. The number of rotatable bonds is 5. The van der Waals surface area contributed by atoms with Crippen molar-refractivity contribution in [3.8, 4) is 5.75 Å². The van der Waals surface area contributed by atoms with Crippen molar-refractivity contribution in [1.29, 1.82) is 0 Å². The molecule has 1 rings (SSSR count). The van der Waals surface area contributed by atoms with Crippen molar-refractivity contribution >= 4 is 5.97 Å². The molecule has 0 atom stereocenters. The highest BCUT2D eigenvalue weighted by atomic mass is 19.4. The summed E-state index contributed by atoms with van der Waals surface area (Å²) in [4.78, 5) is 24.6. The number of carbonyl (C=O) groups excluding carboxylic acids is 1. The average molecular weight is 315 g/mol. The van der Waals surface area contributed by atoms with Crippen molar-refractivity contribution in [3.63, 3.8) is 0 Å². The zero-order valence-electron chi connectivity index (χ0n) is 10.6. The zero-order valence-corrected chi connectivity index (χ0v) is 10.6. The Morgan fingerprint density at radius 3 is 2.48 bits per heavy atom. The number of hydrogen-bond donors (Lipinski definition) is 1. The van der Waals surface area contributed by atoms with Crippen LogP contribution in [0.15, 0.2) is 11.0 Å². The predicted molar refractivity (Wildman–Crippen MR) is 59.0 cm³/mol. The van der Waals surface area contributed by atoms with E-state index in [-0.39, 0.29) is 6.61 Å². The Balaban J connectivity index is 3.34. The van der Waals surface area contributed by atoms with Crippen molar-refractivity contribution in [3.05, 3.63) is 27.7 Å². The minimum atomic E-state index is -5.29. The Labute approximate surface area is 114 Å². The first-order valence-corrected chi connectivity index (χ1v) is 5.59. The van der Waals surface area contributed by atoms with Gasteiger partial charge in [-0.3, -0.25) is 9.59 Å². The molecule has 0 radical (unpaired) electrons. The van der Waals surface area contributed by atoms with E-state index in [2.05, 4.69) is 9.47 Å². The highest BCUT2D eigenvalue weighted by Gasteiger charge is 2.35. The predicted octanol–water partition coefficient (Wildman–Crippen LogP) is 2.32. The van der Waals surface area contributed by atoms with Crippen LogP contribution in [0.3, 0.4) is 0 Å². The number of ether oxygens (including phenoxy) is 2. The van der Waals surface area contributed by atoms with Crippen molar-refractivity contribution < 1.29 is 36.2 Å². The van der Waals surface area contributed by atoms with Crippen LogP contribution in [0.2, 0.25) is 0 Å². The highest BCUT2D eigenvalue weighted by molar-refractivity contribution is 5.73. The summed E-state index contributed by atoms with van der Waals surface area (Å²) in [5.74, 6) is -2.42. The summed E-state index contributed by atoms with van der Waals surface area (Å²) in [6.07, 6.45) is -9.14. The van der Waals surface area contributed by atoms with E-state index in [9.17, 15) is 31.5 Å². The van der Waals surface area contributed by atoms with Gasteiger partial charge < -0.3 is 14.5 Å². The van der Waals surface area contributed by atoms with E-state index in [1.807, 2.05) is 4.98 Å². The lowest BCUT2D eigenvalue weighted by Crippen LogP contribution is -2.25. The molecule has 0 saturated heterocycles. The van der Waals surface area contributed by atoms with Gasteiger partial charge in [-0.25, -0.2) is 8.78 Å². The van der Waals surface area contributed by atoms with Gasteiger partial charge in [-0.15, -0.1) is 13.2 Å². The molecule has 0 fully saturated rings. The van der Waals surface area contributed by atoms with Gasteiger partial charge in [0.1, 0.15) is 5.75 Å². The van der Waals surface area contributed by atoms with Gasteiger partial charge in [-0.2, -0.15) is 0 Å². The van der Waals surface area contributed by atoms with Gasteiger partial charge in [-0.05, 0) is 6.92 Å². The molecule has 0 aliphatic carbocycles. The normalized spacial score (nSPS) is 11.6. The number of nitrogens with one attached hydrogen (secondary N) is 1. The van der Waals surface area contributed by atoms with Gasteiger partial charge >= 0.3 is 12.3 Å². The van der Waals surface area contributed by atoms with E-state index >= 15 is 0 Å². The van der Waals surface area contributed by atoms with Gasteiger partial charge in [0.2, 0.25) is 0 Å². The second-order valence-electron chi connectivity index (χ2n) is 3.71. The molecule has 118 valence electrons. The van der Waals surface area contributed by atoms with E-state index in [0.717, 1.165) is 0 Å². The number of carbonyl (C=O) groups is 1. The molecule has 5 nitrogen and oxygen atoms in total. The Hall–Kier alpha value is -2.13. The van der Waals surface area contributed by atoms with Crippen molar-refractivity contribution in [2.45, 2.75) is 26.1 Å². The van der Waals surface area contributed by atoms with E-state index < -0.39 is 47.6 Å². The van der Waals surface area contributed by atoms with Gasteiger partial charge in [0, 0.05) is 6.20 Å². The number of hydrogen-bond acceptors (Lipinski definition) is 4. The van der Waals surface area contributed by atoms with Crippen LogP contribution in [0.5, 0.6) is 5.75 Å². The zero-order chi connectivity index (χ0) is 16.2. The average Bonchev–Trinajstić information content (AvgIpc) is 2.32. The van der Waals surface area contributed by atoms with Crippen LogP contribution < -0.4 is 10.3 Å². The summed E-state index contributed by atoms with van der Waals surface area (Å²) in [6, 6.07) is 0. The third-order valence-corrected chi connectivity index (χ3v) is 2.25. The minimum Gasteiger partial charge on any atom is -0.466 e. The SMILES string of the molecule is CCOC(=O)Cc1c(OC(F)(F)F)c(C(F)F)c[nH]c1=O. The topological polar surface area (TPSA) is 68.4 Å². The summed E-state index contributed by atoms with van der Waals surface area (Å²) in [7, 11) is 0. The maximum atomic E-state index is 12.7. The number of pyridine rings is 1. The molecule has 0 saturated carbocycles. The summed E-state index contributed by atoms with van der Waals surface area (Å²) in [5.41, 5.74) is -3.19. The fourth-order valence-corrected chi connectivity index (χ4v) is 1.49. The Bertz CT molecular complexity index is 567. The fraction of sp³-hybridized carbons (Fsp3) is 0.455. The quantitative estimate of drug-likeness (QED) is 0.669. The Morgan fingerprint density at radius 2 is 2.00 bits per heavy atom. The fourth-order valence-electron chi connectivity index (χ4n) is 1.49. The molecular weight excluding hydrogens is 305 g/mol. The maximum Gasteiger partial charge on any atom is 0.573 e. The van der Waals surface area contributed by atoms with E-state index in [0.29, 0.717) is 6.20 Å². The molecule has 0 unspecified atom stereocenters. The molecule has 0 aliphatic heterocycles. The standard InChI is InChI=1S/C11H10F5NO4/c1-2-20-7(18)3-5-8(21-11(14,15)16)6(9(12)13)4-17-10(5)19/h4,9H,2-3H2,1H3,(H,17,19). The first-order valence-electron chi connectivity index (χ1n) is 5.59. The third kappa shape index (κ3) is 4.72. The summed E-state index contributed by atoms with van der Waals surface area (Å²) in [5, 5.41) is 0. The molecular formula is C11H10F5NO4. The van der Waals surface area contributed by atoms with Crippen LogP contribution in [-0.4, -0.2) is 23.9 Å². The van der Waals surface area contributed by atoms with Gasteiger partial charge in [-0.1, -0.05) is 0 Å². The lowest BCUT2D eigenvalue weighted by molar-refractivity contribution is -0.275. The van der Waals surface area contributed by atoms with Crippen LogP contribution in [-0.2, 0) is 16.0 Å². The Kier molecular flexibility index (Phi) is 5.28. The smallest absolute Gasteiger partial charge is 0.466 e. The highest BCUT2D eigenvalue weighted by Crippen LogP contribution is 2.34. The molecule has 0 bridgehead atoms. The Morgan fingerprint density at radius 1 is 1.38 bits per heavy atom. The van der Waals surface area contributed by atoms with Crippen LogP contribution in [0, 0.1) is 0 Å². The number of aromatic amines is 1. The van der Waals surface area contributed by atoms with Crippen LogP contribution in [0.1, 0.15) is 24.5 Å². The molecule has 0 spiro atoms. The maximum absolute atomic E-state index is 12.7.